The zero-order chi connectivity index (χ0) is 9.97. The van der Waals surface area contributed by atoms with Crippen LogP contribution in [0.15, 0.2) is 36.9 Å². The number of rotatable bonds is 2. The number of benzene rings is 1. The van der Waals surface area contributed by atoms with E-state index in [4.69, 9.17) is 0 Å². The Balaban J connectivity index is 2.28. The third-order valence-electron chi connectivity index (χ3n) is 2.39. The molecule has 3 nitrogen and oxygen atoms in total. The number of nitrogens with zero attached hydrogens (tertiary/aromatic N) is 3. The van der Waals surface area contributed by atoms with Gasteiger partial charge in [-0.15, -0.1) is 0 Å². The molecule has 14 heavy (non-hydrogen) atoms. The zero-order valence-corrected chi connectivity index (χ0v) is 8.38. The van der Waals surface area contributed by atoms with Gasteiger partial charge in [-0.3, -0.25) is 0 Å². The van der Waals surface area contributed by atoms with Gasteiger partial charge in [-0.2, -0.15) is 5.10 Å². The van der Waals surface area contributed by atoms with E-state index in [2.05, 4.69) is 48.2 Å². The lowest BCUT2D eigenvalue weighted by Gasteiger charge is -2.11. The van der Waals surface area contributed by atoms with Crippen LogP contribution < -0.4 is 0 Å². The first-order valence-electron chi connectivity index (χ1n) is 4.68. The Kier molecular flexibility index (Phi) is 2.31. The summed E-state index contributed by atoms with van der Waals surface area (Å²) in [5.41, 5.74) is 2.53. The number of hydrogen-bond acceptors (Lipinski definition) is 2. The summed E-state index contributed by atoms with van der Waals surface area (Å²) < 4.78 is 1.85. The summed E-state index contributed by atoms with van der Waals surface area (Å²) in [4.78, 5) is 3.94. The maximum atomic E-state index is 4.12. The van der Waals surface area contributed by atoms with Gasteiger partial charge in [0.25, 0.3) is 0 Å². The molecule has 3 heteroatoms. The number of aromatic nitrogens is 3. The van der Waals surface area contributed by atoms with Gasteiger partial charge in [0.15, 0.2) is 0 Å². The van der Waals surface area contributed by atoms with E-state index < -0.39 is 0 Å². The van der Waals surface area contributed by atoms with Gasteiger partial charge in [-0.25, -0.2) is 9.67 Å². The van der Waals surface area contributed by atoms with Gasteiger partial charge < -0.3 is 0 Å². The Morgan fingerprint density at radius 3 is 2.50 bits per heavy atom. The molecule has 1 atom stereocenters. The van der Waals surface area contributed by atoms with E-state index >= 15 is 0 Å². The summed E-state index contributed by atoms with van der Waals surface area (Å²) >= 11 is 0. The highest BCUT2D eigenvalue weighted by Gasteiger charge is 2.06. The molecule has 72 valence electrons. The maximum absolute atomic E-state index is 4.12. The van der Waals surface area contributed by atoms with E-state index in [1.807, 2.05) is 4.68 Å². The quantitative estimate of drug-likeness (QED) is 0.721. The molecule has 0 bridgehead atoms. The number of hydrogen-bond donors (Lipinski definition) is 0. The molecule has 1 heterocycles. The molecule has 0 aliphatic heterocycles. The van der Waals surface area contributed by atoms with Crippen molar-refractivity contribution in [2.45, 2.75) is 19.9 Å². The summed E-state index contributed by atoms with van der Waals surface area (Å²) in [7, 11) is 0. The number of aryl methyl sites for hydroxylation is 1. The molecule has 1 unspecified atom stereocenters. The van der Waals surface area contributed by atoms with E-state index in [1.165, 1.54) is 11.1 Å². The highest BCUT2D eigenvalue weighted by molar-refractivity contribution is 5.23. The fourth-order valence-electron chi connectivity index (χ4n) is 1.42. The molecule has 0 saturated carbocycles. The van der Waals surface area contributed by atoms with Crippen molar-refractivity contribution in [2.75, 3.05) is 0 Å². The molecular formula is C11H13N3. The molecule has 2 rings (SSSR count). The summed E-state index contributed by atoms with van der Waals surface area (Å²) in [6, 6.07) is 8.73. The molecule has 0 saturated heterocycles. The summed E-state index contributed by atoms with van der Waals surface area (Å²) in [5, 5.41) is 4.12. The molecule has 0 radical (unpaired) electrons. The molecule has 1 aromatic heterocycles. The lowest BCUT2D eigenvalue weighted by atomic mass is 10.1. The van der Waals surface area contributed by atoms with E-state index in [0.717, 1.165) is 0 Å². The normalized spacial score (nSPS) is 12.7. The Morgan fingerprint density at radius 2 is 1.93 bits per heavy atom. The minimum atomic E-state index is 0.248. The SMILES string of the molecule is Cc1ccc(C(C)n2cncn2)cc1. The molecule has 0 aliphatic rings. The molecule has 0 spiro atoms. The molecule has 1 aromatic carbocycles. The van der Waals surface area contributed by atoms with E-state index in [-0.39, 0.29) is 6.04 Å². The smallest absolute Gasteiger partial charge is 0.137 e. The van der Waals surface area contributed by atoms with Crippen LogP contribution in [0.3, 0.4) is 0 Å². The Morgan fingerprint density at radius 1 is 1.21 bits per heavy atom. The fraction of sp³-hybridized carbons (Fsp3) is 0.273. The Labute approximate surface area is 83.4 Å². The summed E-state index contributed by atoms with van der Waals surface area (Å²) in [5.74, 6) is 0. The summed E-state index contributed by atoms with van der Waals surface area (Å²) in [6.07, 6.45) is 3.30. The van der Waals surface area contributed by atoms with Gasteiger partial charge >= 0.3 is 0 Å². The predicted octanol–water partition coefficient (Wildman–Crippen LogP) is 2.20. The van der Waals surface area contributed by atoms with E-state index in [0.29, 0.717) is 0 Å². The maximum Gasteiger partial charge on any atom is 0.137 e. The average molecular weight is 187 g/mol. The van der Waals surface area contributed by atoms with Crippen molar-refractivity contribution in [1.29, 1.82) is 0 Å². The average Bonchev–Trinajstić information content (AvgIpc) is 2.71. The summed E-state index contributed by atoms with van der Waals surface area (Å²) in [6.45, 7) is 4.20. The molecule has 0 N–H and O–H groups in total. The van der Waals surface area contributed by atoms with Gasteiger partial charge in [0.2, 0.25) is 0 Å². The highest BCUT2D eigenvalue weighted by atomic mass is 15.3. The van der Waals surface area contributed by atoms with Crippen LogP contribution in [0.5, 0.6) is 0 Å². The molecule has 0 fully saturated rings. The minimum Gasteiger partial charge on any atom is -0.246 e. The zero-order valence-electron chi connectivity index (χ0n) is 8.38. The van der Waals surface area contributed by atoms with Crippen molar-refractivity contribution in [3.05, 3.63) is 48.0 Å². The van der Waals surface area contributed by atoms with Crippen molar-refractivity contribution in [3.63, 3.8) is 0 Å². The van der Waals surface area contributed by atoms with Crippen LogP contribution in [0.4, 0.5) is 0 Å². The monoisotopic (exact) mass is 187 g/mol. The molecule has 0 amide bonds. The van der Waals surface area contributed by atoms with Crippen molar-refractivity contribution < 1.29 is 0 Å². The first-order chi connectivity index (χ1) is 6.77. The Hall–Kier alpha value is -1.64. The predicted molar refractivity (Wildman–Crippen MR) is 55.0 cm³/mol. The van der Waals surface area contributed by atoms with E-state index in [9.17, 15) is 0 Å². The van der Waals surface area contributed by atoms with E-state index in [1.54, 1.807) is 12.7 Å². The molecule has 0 aliphatic carbocycles. The second-order valence-electron chi connectivity index (χ2n) is 3.46. The first-order valence-corrected chi connectivity index (χ1v) is 4.68. The third-order valence-corrected chi connectivity index (χ3v) is 2.39. The fourth-order valence-corrected chi connectivity index (χ4v) is 1.42. The molecule has 2 aromatic rings. The van der Waals surface area contributed by atoms with Crippen molar-refractivity contribution in [1.82, 2.24) is 14.8 Å². The van der Waals surface area contributed by atoms with Gasteiger partial charge in [-0.05, 0) is 19.4 Å². The van der Waals surface area contributed by atoms with Gasteiger partial charge in [-0.1, -0.05) is 29.8 Å². The van der Waals surface area contributed by atoms with Crippen LogP contribution in [0.25, 0.3) is 0 Å². The second kappa shape index (κ2) is 3.62. The minimum absolute atomic E-state index is 0.248. The van der Waals surface area contributed by atoms with Crippen molar-refractivity contribution in [2.24, 2.45) is 0 Å². The van der Waals surface area contributed by atoms with Crippen LogP contribution in [0.1, 0.15) is 24.1 Å². The lowest BCUT2D eigenvalue weighted by molar-refractivity contribution is 0.563. The third kappa shape index (κ3) is 1.66. The van der Waals surface area contributed by atoms with Crippen LogP contribution in [0, 0.1) is 6.92 Å². The van der Waals surface area contributed by atoms with Gasteiger partial charge in [0.1, 0.15) is 12.7 Å². The second-order valence-corrected chi connectivity index (χ2v) is 3.46. The van der Waals surface area contributed by atoms with Crippen molar-refractivity contribution >= 4 is 0 Å². The highest BCUT2D eigenvalue weighted by Crippen LogP contribution is 2.16. The van der Waals surface area contributed by atoms with Crippen LogP contribution in [-0.2, 0) is 0 Å². The first kappa shape index (κ1) is 8.94. The van der Waals surface area contributed by atoms with Crippen molar-refractivity contribution in [3.8, 4) is 0 Å². The Bertz CT molecular complexity index is 389. The molecular weight excluding hydrogens is 174 g/mol. The largest absolute Gasteiger partial charge is 0.246 e. The van der Waals surface area contributed by atoms with Crippen LogP contribution in [-0.4, -0.2) is 14.8 Å². The van der Waals surface area contributed by atoms with Gasteiger partial charge in [0.05, 0.1) is 6.04 Å². The van der Waals surface area contributed by atoms with Gasteiger partial charge in [0, 0.05) is 0 Å². The lowest BCUT2D eigenvalue weighted by Crippen LogP contribution is -2.06. The standard InChI is InChI=1S/C11H13N3/c1-9-3-5-11(6-4-9)10(2)14-8-12-7-13-14/h3-8,10H,1-2H3. The van der Waals surface area contributed by atoms with Crippen LogP contribution >= 0.6 is 0 Å². The van der Waals surface area contributed by atoms with Crippen LogP contribution in [0.2, 0.25) is 0 Å². The topological polar surface area (TPSA) is 30.7 Å².